The topological polar surface area (TPSA) is 32.3 Å². The van der Waals surface area contributed by atoms with Gasteiger partial charge in [-0.15, -0.1) is 11.3 Å². The van der Waals surface area contributed by atoms with Gasteiger partial charge in [-0.2, -0.15) is 0 Å². The Hall–Kier alpha value is -0.390. The zero-order valence-electron chi connectivity index (χ0n) is 9.62. The molecule has 0 atom stereocenters. The molecule has 18 heavy (non-hydrogen) atoms. The highest BCUT2D eigenvalue weighted by Gasteiger charge is 2.03. The van der Waals surface area contributed by atoms with Gasteiger partial charge >= 0.3 is 0 Å². The van der Waals surface area contributed by atoms with Crippen LogP contribution in [0.15, 0.2) is 34.8 Å². The van der Waals surface area contributed by atoms with Gasteiger partial charge in [0.15, 0.2) is 0 Å². The van der Waals surface area contributed by atoms with Crippen molar-refractivity contribution in [3.63, 3.8) is 0 Å². The third-order valence-corrected chi connectivity index (χ3v) is 5.00. The van der Waals surface area contributed by atoms with Crippen LogP contribution >= 0.6 is 38.9 Å². The summed E-state index contributed by atoms with van der Waals surface area (Å²) in [5.74, 6) is 0. The smallest absolute Gasteiger partial charge is 0.107 e. The van der Waals surface area contributed by atoms with Gasteiger partial charge in [0.2, 0.25) is 0 Å². The van der Waals surface area contributed by atoms with Crippen molar-refractivity contribution >= 4 is 38.9 Å². The van der Waals surface area contributed by atoms with Crippen molar-refractivity contribution in [1.29, 1.82) is 0 Å². The molecule has 0 amide bonds. The molecule has 0 saturated heterocycles. The van der Waals surface area contributed by atoms with E-state index in [4.69, 9.17) is 16.7 Å². The monoisotopic (exact) mass is 345 g/mol. The van der Waals surface area contributed by atoms with E-state index in [0.717, 1.165) is 27.5 Å². The second kappa shape index (κ2) is 6.68. The second-order valence-electron chi connectivity index (χ2n) is 3.91. The minimum absolute atomic E-state index is 0.0927. The van der Waals surface area contributed by atoms with E-state index in [1.54, 1.807) is 11.3 Å². The minimum Gasteiger partial charge on any atom is -0.392 e. The first-order valence-corrected chi connectivity index (χ1v) is 7.51. The van der Waals surface area contributed by atoms with Crippen LogP contribution in [-0.4, -0.2) is 5.11 Å². The minimum atomic E-state index is 0.0927. The number of aliphatic hydroxyl groups excluding tert-OH is 1. The number of hydrogen-bond donors (Lipinski definition) is 2. The number of rotatable bonds is 5. The lowest BCUT2D eigenvalue weighted by Gasteiger charge is -2.04. The van der Waals surface area contributed by atoms with Gasteiger partial charge in [0.25, 0.3) is 0 Å². The van der Waals surface area contributed by atoms with Gasteiger partial charge in [-0.25, -0.2) is 0 Å². The fraction of sp³-hybridized carbons (Fsp3) is 0.231. The van der Waals surface area contributed by atoms with Gasteiger partial charge in [-0.05, 0) is 33.1 Å². The molecule has 2 nitrogen and oxygen atoms in total. The van der Waals surface area contributed by atoms with E-state index in [9.17, 15) is 0 Å². The molecule has 0 saturated carbocycles. The van der Waals surface area contributed by atoms with Gasteiger partial charge in [0, 0.05) is 22.4 Å². The van der Waals surface area contributed by atoms with Crippen molar-refractivity contribution in [2.45, 2.75) is 19.7 Å². The lowest BCUT2D eigenvalue weighted by atomic mass is 10.1. The zero-order valence-corrected chi connectivity index (χ0v) is 12.8. The second-order valence-corrected chi connectivity index (χ2v) is 6.51. The molecule has 2 rings (SSSR count). The van der Waals surface area contributed by atoms with E-state index < -0.39 is 0 Å². The van der Waals surface area contributed by atoms with E-state index in [2.05, 4.69) is 21.2 Å². The van der Waals surface area contributed by atoms with E-state index in [1.807, 2.05) is 30.3 Å². The predicted octanol–water partition coefficient (Wildman–Crippen LogP) is 3.95. The lowest BCUT2D eigenvalue weighted by Crippen LogP contribution is -2.11. The molecule has 0 aliphatic heterocycles. The molecule has 0 fully saturated rings. The molecular weight excluding hydrogens is 334 g/mol. The molecule has 0 radical (unpaired) electrons. The van der Waals surface area contributed by atoms with Gasteiger partial charge in [0.1, 0.15) is 4.34 Å². The maximum Gasteiger partial charge on any atom is 0.107 e. The van der Waals surface area contributed by atoms with Crippen LogP contribution in [0.4, 0.5) is 0 Å². The Balaban J connectivity index is 1.84. The lowest BCUT2D eigenvalue weighted by molar-refractivity contribution is 0.282. The molecule has 1 heterocycles. The van der Waals surface area contributed by atoms with Crippen LogP contribution in [0, 0.1) is 0 Å². The van der Waals surface area contributed by atoms with E-state index >= 15 is 0 Å². The highest BCUT2D eigenvalue weighted by Crippen LogP contribution is 2.31. The molecular formula is C13H13BrClNOS. The van der Waals surface area contributed by atoms with E-state index in [0.29, 0.717) is 0 Å². The van der Waals surface area contributed by atoms with Crippen LogP contribution in [0.1, 0.15) is 16.0 Å². The standard InChI is InChI=1S/C13H13BrClNOS/c14-12-5-11(18-13(12)15)7-16-6-9-1-3-10(8-17)4-2-9/h1-5,16-17H,6-8H2. The first-order valence-electron chi connectivity index (χ1n) is 5.52. The van der Waals surface area contributed by atoms with Gasteiger partial charge in [0.05, 0.1) is 6.61 Å². The Bertz CT molecular complexity index is 493. The predicted molar refractivity (Wildman–Crippen MR) is 79.9 cm³/mol. The van der Waals surface area contributed by atoms with Gasteiger partial charge in [-0.3, -0.25) is 0 Å². The summed E-state index contributed by atoms with van der Waals surface area (Å²) in [6.07, 6.45) is 0. The fourth-order valence-corrected chi connectivity index (χ4v) is 3.33. The summed E-state index contributed by atoms with van der Waals surface area (Å²) in [4.78, 5) is 1.21. The zero-order chi connectivity index (χ0) is 13.0. The fourth-order valence-electron chi connectivity index (χ4n) is 1.57. The number of aliphatic hydroxyl groups is 1. The Morgan fingerprint density at radius 2 is 1.83 bits per heavy atom. The number of benzene rings is 1. The Morgan fingerprint density at radius 1 is 1.17 bits per heavy atom. The molecule has 2 N–H and O–H groups in total. The maximum atomic E-state index is 8.95. The van der Waals surface area contributed by atoms with Crippen molar-refractivity contribution in [3.8, 4) is 0 Å². The quantitative estimate of drug-likeness (QED) is 0.859. The normalized spacial score (nSPS) is 10.8. The largest absolute Gasteiger partial charge is 0.392 e. The summed E-state index contributed by atoms with van der Waals surface area (Å²) in [7, 11) is 0. The number of thiophene rings is 1. The summed E-state index contributed by atoms with van der Waals surface area (Å²) in [5.41, 5.74) is 2.14. The van der Waals surface area contributed by atoms with Crippen molar-refractivity contribution in [2.75, 3.05) is 0 Å². The van der Waals surface area contributed by atoms with Gasteiger partial charge in [-0.1, -0.05) is 35.9 Å². The third-order valence-electron chi connectivity index (χ3n) is 2.53. The van der Waals surface area contributed by atoms with E-state index in [1.165, 1.54) is 10.4 Å². The SMILES string of the molecule is OCc1ccc(CNCc2cc(Br)c(Cl)s2)cc1. The number of halogens is 2. The highest BCUT2D eigenvalue weighted by molar-refractivity contribution is 9.10. The Morgan fingerprint density at radius 3 is 2.39 bits per heavy atom. The first-order chi connectivity index (χ1) is 8.69. The molecule has 2 aromatic rings. The molecule has 1 aromatic heterocycles. The summed E-state index contributed by atoms with van der Waals surface area (Å²) in [5, 5.41) is 12.3. The van der Waals surface area contributed by atoms with Crippen LogP contribution in [-0.2, 0) is 19.7 Å². The number of nitrogens with one attached hydrogen (secondary N) is 1. The molecule has 0 unspecified atom stereocenters. The summed E-state index contributed by atoms with van der Waals surface area (Å²) in [6, 6.07) is 9.96. The molecule has 0 aliphatic carbocycles. The van der Waals surface area contributed by atoms with Crippen molar-refractivity contribution in [3.05, 3.63) is 55.1 Å². The summed E-state index contributed by atoms with van der Waals surface area (Å²) < 4.78 is 1.75. The van der Waals surface area contributed by atoms with Crippen LogP contribution in [0.2, 0.25) is 4.34 Å². The van der Waals surface area contributed by atoms with Crippen molar-refractivity contribution in [1.82, 2.24) is 5.32 Å². The summed E-state index contributed by atoms with van der Waals surface area (Å²) in [6.45, 7) is 1.70. The van der Waals surface area contributed by atoms with Gasteiger partial charge < -0.3 is 10.4 Å². The van der Waals surface area contributed by atoms with Crippen LogP contribution in [0.25, 0.3) is 0 Å². The Labute approximate surface area is 124 Å². The molecule has 5 heteroatoms. The van der Waals surface area contributed by atoms with Crippen LogP contribution < -0.4 is 5.32 Å². The average Bonchev–Trinajstić information content (AvgIpc) is 2.69. The van der Waals surface area contributed by atoms with E-state index in [-0.39, 0.29) is 6.61 Å². The van der Waals surface area contributed by atoms with Crippen molar-refractivity contribution < 1.29 is 5.11 Å². The van der Waals surface area contributed by atoms with Crippen molar-refractivity contribution in [2.24, 2.45) is 0 Å². The third kappa shape index (κ3) is 3.80. The molecule has 1 aromatic carbocycles. The average molecular weight is 347 g/mol. The van der Waals surface area contributed by atoms with Crippen LogP contribution in [0.5, 0.6) is 0 Å². The Kier molecular flexibility index (Phi) is 5.21. The number of hydrogen-bond acceptors (Lipinski definition) is 3. The molecule has 0 aliphatic rings. The highest BCUT2D eigenvalue weighted by atomic mass is 79.9. The summed E-state index contributed by atoms with van der Waals surface area (Å²) >= 11 is 11.0. The first kappa shape index (κ1) is 14.0. The molecule has 0 spiro atoms. The molecule has 0 bridgehead atoms. The maximum absolute atomic E-state index is 8.95. The molecule has 96 valence electrons. The van der Waals surface area contributed by atoms with Crippen LogP contribution in [0.3, 0.4) is 0 Å².